The van der Waals surface area contributed by atoms with Crippen molar-refractivity contribution in [1.82, 2.24) is 16.0 Å². The van der Waals surface area contributed by atoms with Gasteiger partial charge in [-0.2, -0.15) is 0 Å². The molecule has 0 aromatic heterocycles. The van der Waals surface area contributed by atoms with Crippen LogP contribution in [0.15, 0.2) is 49.1 Å². The van der Waals surface area contributed by atoms with Crippen molar-refractivity contribution in [3.8, 4) is 0 Å². The van der Waals surface area contributed by atoms with E-state index in [1.54, 1.807) is 0 Å². The highest BCUT2D eigenvalue weighted by atomic mass is 15.3. The molecule has 0 aromatic rings. The van der Waals surface area contributed by atoms with Crippen molar-refractivity contribution >= 4 is 0 Å². The Hall–Kier alpha value is -1.72. The van der Waals surface area contributed by atoms with E-state index in [0.717, 1.165) is 42.3 Å². The topological polar surface area (TPSA) is 62.1 Å². The third-order valence-corrected chi connectivity index (χ3v) is 3.96. The minimum atomic E-state index is 0.0924. The summed E-state index contributed by atoms with van der Waals surface area (Å²) in [5.41, 5.74) is 9.49. The lowest BCUT2D eigenvalue weighted by Crippen LogP contribution is -2.48. The van der Waals surface area contributed by atoms with Crippen molar-refractivity contribution in [2.45, 2.75) is 39.3 Å². The molecule has 138 valence electrons. The van der Waals surface area contributed by atoms with Crippen molar-refractivity contribution in [3.63, 3.8) is 0 Å². The second kappa shape index (κ2) is 10.2. The van der Waals surface area contributed by atoms with Gasteiger partial charge in [-0.25, -0.2) is 0 Å². The highest BCUT2D eigenvalue weighted by molar-refractivity contribution is 5.05. The second-order valence-corrected chi connectivity index (χ2v) is 7.00. The summed E-state index contributed by atoms with van der Waals surface area (Å²) in [6, 6.07) is 0.375. The van der Waals surface area contributed by atoms with Crippen LogP contribution < -0.4 is 21.7 Å². The Morgan fingerprint density at radius 2 is 1.58 bits per heavy atom. The molecule has 5 N–H and O–H groups in total. The fourth-order valence-electron chi connectivity index (χ4n) is 2.69. The Kier molecular flexibility index (Phi) is 9.48. The van der Waals surface area contributed by atoms with Crippen LogP contribution in [0.25, 0.3) is 0 Å². The molecule has 5 nitrogen and oxygen atoms in total. The van der Waals surface area contributed by atoms with Crippen LogP contribution in [0.2, 0.25) is 0 Å². The summed E-state index contributed by atoms with van der Waals surface area (Å²) in [5, 5.41) is 9.99. The van der Waals surface area contributed by atoms with E-state index >= 15 is 0 Å². The summed E-state index contributed by atoms with van der Waals surface area (Å²) in [7, 11) is 4.25. The van der Waals surface area contributed by atoms with Crippen LogP contribution in [0, 0.1) is 0 Å². The number of quaternary nitrogens is 1. The molecule has 0 radical (unpaired) electrons. The predicted molar refractivity (Wildman–Crippen MR) is 106 cm³/mol. The highest BCUT2D eigenvalue weighted by Crippen LogP contribution is 2.16. The first kappa shape index (κ1) is 22.3. The molecule has 24 heavy (non-hydrogen) atoms. The molecule has 0 aliphatic carbocycles. The number of hydrogen-bond donors (Lipinski definition) is 4. The van der Waals surface area contributed by atoms with Gasteiger partial charge in [-0.1, -0.05) is 19.7 Å². The minimum Gasteiger partial charge on any atom is -0.389 e. The molecule has 2 atom stereocenters. The van der Waals surface area contributed by atoms with Crippen LogP contribution in [-0.4, -0.2) is 50.3 Å². The van der Waals surface area contributed by atoms with Crippen LogP contribution in [0.5, 0.6) is 0 Å². The zero-order valence-corrected chi connectivity index (χ0v) is 16.3. The van der Waals surface area contributed by atoms with Gasteiger partial charge in [-0.3, -0.25) is 4.48 Å². The molecule has 0 aliphatic heterocycles. The number of nitrogens with two attached hydrogens (primary N) is 1. The van der Waals surface area contributed by atoms with E-state index in [4.69, 9.17) is 5.73 Å². The van der Waals surface area contributed by atoms with Gasteiger partial charge in [0.2, 0.25) is 0 Å². The molecule has 0 aromatic carbocycles. The van der Waals surface area contributed by atoms with Crippen LogP contribution in [0.4, 0.5) is 0 Å². The quantitative estimate of drug-likeness (QED) is 0.389. The van der Waals surface area contributed by atoms with Gasteiger partial charge in [0.1, 0.15) is 12.2 Å². The van der Waals surface area contributed by atoms with Gasteiger partial charge in [-0.05, 0) is 27.4 Å². The predicted octanol–water partition coefficient (Wildman–Crippen LogP) is 2.03. The van der Waals surface area contributed by atoms with Gasteiger partial charge in [0.25, 0.3) is 0 Å². The van der Waals surface area contributed by atoms with E-state index in [-0.39, 0.29) is 12.1 Å². The summed E-state index contributed by atoms with van der Waals surface area (Å²) in [4.78, 5) is 0. The summed E-state index contributed by atoms with van der Waals surface area (Å²) in [6.07, 6.45) is 0.871. The standard InChI is InChI=1S/C19H38N5/c1-10-21-14(2)11-15(3)22-17(5)13-24(8,9)19(7)18(6)23-16(4)12-20/h15,18,21-23H,2,4-5,7,10-13,20H2,1,3,6,8-9H3/q+1. The van der Waals surface area contributed by atoms with Gasteiger partial charge < -0.3 is 21.7 Å². The molecule has 0 rings (SSSR count). The molecule has 5 heteroatoms. The Balaban J connectivity index is 4.56. The van der Waals surface area contributed by atoms with E-state index in [1.807, 2.05) is 0 Å². The fraction of sp³-hybridized carbons (Fsp3) is 0.579. The lowest BCUT2D eigenvalue weighted by molar-refractivity contribution is -0.849. The number of hydrogen-bond acceptors (Lipinski definition) is 4. The average molecular weight is 337 g/mol. The van der Waals surface area contributed by atoms with Crippen LogP contribution in [-0.2, 0) is 0 Å². The summed E-state index contributed by atoms with van der Waals surface area (Å²) in [5.74, 6) is 0. The maximum Gasteiger partial charge on any atom is 0.124 e. The first-order valence-electron chi connectivity index (χ1n) is 8.56. The molecule has 2 unspecified atom stereocenters. The van der Waals surface area contributed by atoms with Crippen molar-refractivity contribution in [2.24, 2.45) is 5.73 Å². The maximum atomic E-state index is 5.59. The normalized spacial score (nSPS) is 13.6. The van der Waals surface area contributed by atoms with Crippen molar-refractivity contribution in [3.05, 3.63) is 49.1 Å². The molecule has 0 fully saturated rings. The van der Waals surface area contributed by atoms with Gasteiger partial charge in [0.15, 0.2) is 0 Å². The lowest BCUT2D eigenvalue weighted by Gasteiger charge is -2.35. The summed E-state index contributed by atoms with van der Waals surface area (Å²) < 4.78 is 0.638. The van der Waals surface area contributed by atoms with Crippen molar-refractivity contribution in [1.29, 1.82) is 0 Å². The Labute approximate surface area is 149 Å². The number of nitrogens with one attached hydrogen (secondary N) is 3. The second-order valence-electron chi connectivity index (χ2n) is 7.00. The van der Waals surface area contributed by atoms with Crippen molar-refractivity contribution < 1.29 is 4.48 Å². The zero-order chi connectivity index (χ0) is 18.9. The number of likely N-dealkylation sites (N-methyl/N-ethyl adjacent to an activating group) is 1. The van der Waals surface area contributed by atoms with Gasteiger partial charge >= 0.3 is 0 Å². The van der Waals surface area contributed by atoms with E-state index in [9.17, 15) is 0 Å². The van der Waals surface area contributed by atoms with Crippen LogP contribution >= 0.6 is 0 Å². The van der Waals surface area contributed by atoms with Crippen LogP contribution in [0.3, 0.4) is 0 Å². The number of nitrogens with zero attached hydrogens (tertiary/aromatic N) is 1. The SMILES string of the molecule is C=C(CC(C)NC(=C)C[N+](C)(C)C(=C)C(C)NC(=C)CN)NCC. The van der Waals surface area contributed by atoms with E-state index in [0.29, 0.717) is 11.0 Å². The third-order valence-electron chi connectivity index (χ3n) is 3.96. The Morgan fingerprint density at radius 1 is 1.00 bits per heavy atom. The minimum absolute atomic E-state index is 0.0924. The van der Waals surface area contributed by atoms with Crippen molar-refractivity contribution in [2.75, 3.05) is 33.7 Å². The van der Waals surface area contributed by atoms with Crippen LogP contribution in [0.1, 0.15) is 27.2 Å². The highest BCUT2D eigenvalue weighted by Gasteiger charge is 2.26. The van der Waals surface area contributed by atoms with Gasteiger partial charge in [0.05, 0.1) is 25.8 Å². The fourth-order valence-corrected chi connectivity index (χ4v) is 2.69. The Bertz CT molecular complexity index is 464. The van der Waals surface area contributed by atoms with Gasteiger partial charge in [-0.15, -0.1) is 0 Å². The molecular formula is C19H38N5+. The summed E-state index contributed by atoms with van der Waals surface area (Å²) >= 11 is 0. The third kappa shape index (κ3) is 8.22. The largest absolute Gasteiger partial charge is 0.389 e. The molecule has 0 saturated heterocycles. The monoisotopic (exact) mass is 336 g/mol. The average Bonchev–Trinajstić information content (AvgIpc) is 2.45. The summed E-state index contributed by atoms with van der Waals surface area (Å²) in [6.45, 7) is 24.7. The van der Waals surface area contributed by atoms with E-state index < -0.39 is 0 Å². The van der Waals surface area contributed by atoms with E-state index in [1.165, 1.54) is 0 Å². The maximum absolute atomic E-state index is 5.59. The molecule has 0 bridgehead atoms. The number of rotatable bonds is 13. The molecule has 0 heterocycles. The molecule has 0 spiro atoms. The zero-order valence-electron chi connectivity index (χ0n) is 16.3. The molecule has 0 saturated carbocycles. The first-order valence-corrected chi connectivity index (χ1v) is 8.56. The Morgan fingerprint density at radius 3 is 2.08 bits per heavy atom. The van der Waals surface area contributed by atoms with E-state index in [2.05, 4.69) is 77.1 Å². The molecule has 0 amide bonds. The smallest absolute Gasteiger partial charge is 0.124 e. The lowest BCUT2D eigenvalue weighted by atomic mass is 10.1. The van der Waals surface area contributed by atoms with Gasteiger partial charge in [0, 0.05) is 36.9 Å². The molecule has 0 aliphatic rings. The molecular weight excluding hydrogens is 298 g/mol. The first-order chi connectivity index (χ1) is 11.0.